The van der Waals surface area contributed by atoms with Gasteiger partial charge in [0.15, 0.2) is 0 Å². The highest BCUT2D eigenvalue weighted by Crippen LogP contribution is 2.21. The van der Waals surface area contributed by atoms with Gasteiger partial charge in [0.05, 0.1) is 4.92 Å². The monoisotopic (exact) mass is 420 g/mol. The molecule has 0 aliphatic rings. The van der Waals surface area contributed by atoms with E-state index in [0.29, 0.717) is 36.9 Å². The van der Waals surface area contributed by atoms with Gasteiger partial charge in [0.2, 0.25) is 17.6 Å². The maximum Gasteiger partial charge on any atom is 0.270 e. The lowest BCUT2D eigenvalue weighted by atomic mass is 10.2. The van der Waals surface area contributed by atoms with E-state index in [4.69, 9.17) is 4.52 Å². The Labute approximate surface area is 180 Å². The number of benzene rings is 2. The molecule has 0 aliphatic carbocycles. The van der Waals surface area contributed by atoms with Gasteiger partial charge in [-0.15, -0.1) is 0 Å². The van der Waals surface area contributed by atoms with E-state index in [1.54, 1.807) is 29.2 Å². The number of rotatable bonds is 9. The van der Waals surface area contributed by atoms with Crippen LogP contribution in [0.15, 0.2) is 65.2 Å². The van der Waals surface area contributed by atoms with Crippen molar-refractivity contribution in [1.29, 1.82) is 0 Å². The molecule has 0 spiro atoms. The van der Waals surface area contributed by atoms with E-state index in [-0.39, 0.29) is 17.4 Å². The quantitative estimate of drug-likeness (QED) is 0.289. The van der Waals surface area contributed by atoms with Crippen molar-refractivity contribution >= 4 is 17.7 Å². The molecule has 0 bridgehead atoms. The first kappa shape index (κ1) is 21.9. The molecule has 0 aliphatic heterocycles. The fraction of sp³-hybridized carbons (Fsp3) is 0.261. The van der Waals surface area contributed by atoms with E-state index in [2.05, 4.69) is 10.1 Å². The van der Waals surface area contributed by atoms with Gasteiger partial charge in [-0.2, -0.15) is 4.98 Å². The average molecular weight is 420 g/mol. The molecule has 3 rings (SSSR count). The maximum atomic E-state index is 12.7. The lowest BCUT2D eigenvalue weighted by Crippen LogP contribution is -2.34. The second kappa shape index (κ2) is 10.3. The van der Waals surface area contributed by atoms with Crippen LogP contribution in [0.1, 0.15) is 25.3 Å². The van der Waals surface area contributed by atoms with Gasteiger partial charge in [-0.1, -0.05) is 61.5 Å². The predicted molar refractivity (Wildman–Crippen MR) is 117 cm³/mol. The Kier molecular flexibility index (Phi) is 7.26. The third-order valence-corrected chi connectivity index (χ3v) is 4.49. The van der Waals surface area contributed by atoms with E-state index in [1.165, 1.54) is 12.1 Å². The van der Waals surface area contributed by atoms with Crippen molar-refractivity contribution < 1.29 is 14.2 Å². The minimum absolute atomic E-state index is 0.0391. The van der Waals surface area contributed by atoms with Crippen molar-refractivity contribution in [3.8, 4) is 11.4 Å². The summed E-state index contributed by atoms with van der Waals surface area (Å²) < 4.78 is 5.30. The van der Waals surface area contributed by atoms with Crippen LogP contribution in [0.25, 0.3) is 17.5 Å². The molecule has 0 N–H and O–H groups in total. The molecule has 3 aromatic rings. The zero-order valence-corrected chi connectivity index (χ0v) is 17.5. The van der Waals surface area contributed by atoms with Gasteiger partial charge in [-0.25, -0.2) is 0 Å². The van der Waals surface area contributed by atoms with Crippen LogP contribution in [0, 0.1) is 16.0 Å². The number of hydrogen-bond acceptors (Lipinski definition) is 6. The van der Waals surface area contributed by atoms with Crippen molar-refractivity contribution in [2.75, 3.05) is 13.1 Å². The summed E-state index contributed by atoms with van der Waals surface area (Å²) in [4.78, 5) is 29.3. The molecular weight excluding hydrogens is 396 g/mol. The molecule has 1 amide bonds. The molecule has 0 unspecified atom stereocenters. The Balaban J connectivity index is 1.66. The van der Waals surface area contributed by atoms with Crippen molar-refractivity contribution in [1.82, 2.24) is 15.0 Å². The Bertz CT molecular complexity index is 1060. The first-order valence-corrected chi connectivity index (χ1v) is 10.0. The smallest absolute Gasteiger partial charge is 0.270 e. The van der Waals surface area contributed by atoms with Gasteiger partial charge in [-0.3, -0.25) is 14.9 Å². The second-order valence-electron chi connectivity index (χ2n) is 7.49. The van der Waals surface area contributed by atoms with E-state index in [9.17, 15) is 14.9 Å². The lowest BCUT2D eigenvalue weighted by Gasteiger charge is -2.22. The Morgan fingerprint density at radius 3 is 2.68 bits per heavy atom. The number of non-ortho nitro benzene ring substituents is 1. The molecule has 8 nitrogen and oxygen atoms in total. The van der Waals surface area contributed by atoms with Crippen LogP contribution in [0.5, 0.6) is 0 Å². The Hall–Kier alpha value is -3.81. The number of nitrogens with zero attached hydrogens (tertiary/aromatic N) is 4. The molecule has 0 atom stereocenters. The zero-order chi connectivity index (χ0) is 22.2. The molecule has 160 valence electrons. The number of nitro groups is 1. The highest BCUT2D eigenvalue weighted by Gasteiger charge is 2.16. The van der Waals surface area contributed by atoms with Crippen molar-refractivity contribution in [3.05, 3.63) is 82.2 Å². The van der Waals surface area contributed by atoms with E-state index < -0.39 is 4.92 Å². The van der Waals surface area contributed by atoms with E-state index >= 15 is 0 Å². The number of nitro benzene ring substituents is 1. The fourth-order valence-corrected chi connectivity index (χ4v) is 3.03. The van der Waals surface area contributed by atoms with Gasteiger partial charge in [0, 0.05) is 43.3 Å². The Morgan fingerprint density at radius 1 is 1.19 bits per heavy atom. The first-order valence-electron chi connectivity index (χ1n) is 10.0. The number of aromatic nitrogens is 2. The fourth-order valence-electron chi connectivity index (χ4n) is 3.03. The number of hydrogen-bond donors (Lipinski definition) is 0. The zero-order valence-electron chi connectivity index (χ0n) is 17.5. The number of carbonyl (C=O) groups excluding carboxylic acids is 1. The summed E-state index contributed by atoms with van der Waals surface area (Å²) >= 11 is 0. The molecule has 0 saturated carbocycles. The highest BCUT2D eigenvalue weighted by atomic mass is 16.6. The summed E-state index contributed by atoms with van der Waals surface area (Å²) in [6, 6.07) is 15.7. The van der Waals surface area contributed by atoms with Crippen LogP contribution in [-0.2, 0) is 11.2 Å². The average Bonchev–Trinajstić information content (AvgIpc) is 3.24. The standard InChI is InChI=1S/C23H24N4O4/c1-17(2)16-26(22(28)12-11-18-7-4-3-5-8-18)14-13-21-24-23(25-31-21)19-9-6-10-20(15-19)27(29)30/h3-12,15,17H,13-14,16H2,1-2H3/b12-11+. The number of amides is 1. The molecule has 1 aromatic heterocycles. The molecule has 2 aromatic carbocycles. The minimum atomic E-state index is -0.469. The summed E-state index contributed by atoms with van der Waals surface area (Å²) in [5.74, 6) is 0.868. The maximum absolute atomic E-state index is 12.7. The lowest BCUT2D eigenvalue weighted by molar-refractivity contribution is -0.384. The van der Waals surface area contributed by atoms with Crippen LogP contribution in [-0.4, -0.2) is 39.0 Å². The molecule has 31 heavy (non-hydrogen) atoms. The topological polar surface area (TPSA) is 102 Å². The third kappa shape index (κ3) is 6.33. The van der Waals surface area contributed by atoms with Crippen molar-refractivity contribution in [3.63, 3.8) is 0 Å². The second-order valence-corrected chi connectivity index (χ2v) is 7.49. The van der Waals surface area contributed by atoms with Crippen LogP contribution in [0.3, 0.4) is 0 Å². The SMILES string of the molecule is CC(C)CN(CCc1nc(-c2cccc([N+](=O)[O-])c2)no1)C(=O)/C=C/c1ccccc1. The van der Waals surface area contributed by atoms with Crippen LogP contribution in [0.2, 0.25) is 0 Å². The van der Waals surface area contributed by atoms with Crippen molar-refractivity contribution in [2.45, 2.75) is 20.3 Å². The summed E-state index contributed by atoms with van der Waals surface area (Å²) in [5.41, 5.74) is 1.42. The molecule has 0 fully saturated rings. The summed E-state index contributed by atoms with van der Waals surface area (Å²) in [5, 5.41) is 14.9. The van der Waals surface area contributed by atoms with Gasteiger partial charge < -0.3 is 9.42 Å². The van der Waals surface area contributed by atoms with Crippen LogP contribution < -0.4 is 0 Å². The molecule has 0 radical (unpaired) electrons. The normalized spacial score (nSPS) is 11.2. The molecule has 1 heterocycles. The summed E-state index contributed by atoms with van der Waals surface area (Å²) in [6.45, 7) is 5.12. The first-order chi connectivity index (χ1) is 14.9. The molecule has 0 saturated heterocycles. The number of carbonyl (C=O) groups is 1. The van der Waals surface area contributed by atoms with Gasteiger partial charge in [-0.05, 0) is 17.6 Å². The van der Waals surface area contributed by atoms with Crippen molar-refractivity contribution in [2.24, 2.45) is 5.92 Å². The van der Waals surface area contributed by atoms with Crippen LogP contribution in [0.4, 0.5) is 5.69 Å². The van der Waals surface area contributed by atoms with Crippen LogP contribution >= 0.6 is 0 Å². The van der Waals surface area contributed by atoms with Gasteiger partial charge in [0.1, 0.15) is 0 Å². The third-order valence-electron chi connectivity index (χ3n) is 4.49. The Morgan fingerprint density at radius 2 is 1.97 bits per heavy atom. The largest absolute Gasteiger partial charge is 0.339 e. The minimum Gasteiger partial charge on any atom is -0.339 e. The summed E-state index contributed by atoms with van der Waals surface area (Å²) in [7, 11) is 0. The highest BCUT2D eigenvalue weighted by molar-refractivity contribution is 5.91. The molecule has 8 heteroatoms. The molecular formula is C23H24N4O4. The predicted octanol–water partition coefficient (Wildman–Crippen LogP) is 4.39. The van der Waals surface area contributed by atoms with E-state index in [1.807, 2.05) is 44.2 Å². The van der Waals surface area contributed by atoms with Gasteiger partial charge >= 0.3 is 0 Å². The summed E-state index contributed by atoms with van der Waals surface area (Å²) in [6.07, 6.45) is 3.75. The van der Waals surface area contributed by atoms with E-state index in [0.717, 1.165) is 5.56 Å². The van der Waals surface area contributed by atoms with Gasteiger partial charge in [0.25, 0.3) is 5.69 Å².